The number of piperidine rings is 1. The average Bonchev–Trinajstić information content (AvgIpc) is 3.02. The van der Waals surface area contributed by atoms with Crippen LogP contribution in [0.4, 0.5) is 15.8 Å². The molecule has 0 amide bonds. The topological polar surface area (TPSA) is 89.9 Å². The number of rotatable bonds is 3. The van der Waals surface area contributed by atoms with E-state index in [0.717, 1.165) is 25.3 Å². The van der Waals surface area contributed by atoms with Crippen molar-refractivity contribution in [2.45, 2.75) is 18.3 Å². The monoisotopic (exact) mass is 398 g/mol. The van der Waals surface area contributed by atoms with E-state index in [1.54, 1.807) is 12.1 Å². The molecule has 0 aromatic heterocycles. The number of halogens is 1. The Kier molecular flexibility index (Phi) is 6.29. The summed E-state index contributed by atoms with van der Waals surface area (Å²) in [4.78, 5) is 21.5. The van der Waals surface area contributed by atoms with E-state index in [1.807, 2.05) is 12.1 Å². The van der Waals surface area contributed by atoms with Crippen LogP contribution in [-0.2, 0) is 15.0 Å². The second kappa shape index (κ2) is 8.87. The summed E-state index contributed by atoms with van der Waals surface area (Å²) in [5, 5.41) is 19.1. The van der Waals surface area contributed by atoms with E-state index in [0.29, 0.717) is 12.2 Å². The summed E-state index contributed by atoms with van der Waals surface area (Å²) in [7, 11) is 0. The number of fused-ring (bicyclic) bond motifs is 2. The van der Waals surface area contributed by atoms with Gasteiger partial charge in [0.2, 0.25) is 0 Å². The predicted molar refractivity (Wildman–Crippen MR) is 108 cm³/mol. The summed E-state index contributed by atoms with van der Waals surface area (Å²) in [6, 6.07) is 15.5. The Morgan fingerprint density at radius 2 is 1.55 bits per heavy atom. The molecule has 0 unspecified atom stereocenters. The summed E-state index contributed by atoms with van der Waals surface area (Å²) >= 11 is 0. The number of aliphatic carboxylic acids is 2. The van der Waals surface area contributed by atoms with Crippen LogP contribution in [0.2, 0.25) is 0 Å². The third-order valence-corrected chi connectivity index (χ3v) is 5.29. The second-order valence-electron chi connectivity index (χ2n) is 7.12. The molecule has 2 heterocycles. The largest absolute Gasteiger partial charge is 0.478 e. The molecule has 0 radical (unpaired) electrons. The molecule has 4 rings (SSSR count). The van der Waals surface area contributed by atoms with Crippen LogP contribution in [0, 0.1) is 5.82 Å². The maximum Gasteiger partial charge on any atom is 0.328 e. The van der Waals surface area contributed by atoms with E-state index in [9.17, 15) is 14.0 Å². The van der Waals surface area contributed by atoms with Gasteiger partial charge in [0.05, 0.1) is 0 Å². The Hall–Kier alpha value is -3.19. The maximum absolute atomic E-state index is 13.2. The van der Waals surface area contributed by atoms with Crippen molar-refractivity contribution >= 4 is 23.3 Å². The first-order valence-corrected chi connectivity index (χ1v) is 9.39. The minimum atomic E-state index is -1.26. The summed E-state index contributed by atoms with van der Waals surface area (Å²) in [6.45, 7) is 3.15. The lowest BCUT2D eigenvalue weighted by Gasteiger charge is -2.35. The summed E-state index contributed by atoms with van der Waals surface area (Å²) in [5.41, 5.74) is 4.07. The third kappa shape index (κ3) is 4.81. The van der Waals surface area contributed by atoms with Crippen molar-refractivity contribution in [2.75, 3.05) is 24.5 Å². The maximum atomic E-state index is 13.2. The molecule has 2 aromatic rings. The molecule has 152 valence electrons. The van der Waals surface area contributed by atoms with Gasteiger partial charge in [0, 0.05) is 35.5 Å². The Balaban J connectivity index is 0.000000258. The van der Waals surface area contributed by atoms with Gasteiger partial charge in [-0.05, 0) is 61.8 Å². The average molecular weight is 398 g/mol. The van der Waals surface area contributed by atoms with E-state index in [4.69, 9.17) is 10.2 Å². The zero-order valence-electron chi connectivity index (χ0n) is 15.8. The lowest BCUT2D eigenvalue weighted by Crippen LogP contribution is -2.42. The van der Waals surface area contributed by atoms with Crippen molar-refractivity contribution in [2.24, 2.45) is 0 Å². The van der Waals surface area contributed by atoms with Gasteiger partial charge < -0.3 is 20.4 Å². The molecule has 29 heavy (non-hydrogen) atoms. The first kappa shape index (κ1) is 20.5. The highest BCUT2D eigenvalue weighted by Gasteiger charge is 2.43. The van der Waals surface area contributed by atoms with E-state index in [1.165, 1.54) is 24.1 Å². The molecular formula is C22H23FN2O4. The van der Waals surface area contributed by atoms with Crippen molar-refractivity contribution in [3.05, 3.63) is 72.1 Å². The van der Waals surface area contributed by atoms with E-state index < -0.39 is 11.9 Å². The number of hydrogen-bond donors (Lipinski definition) is 3. The highest BCUT2D eigenvalue weighted by Crippen LogP contribution is 2.48. The van der Waals surface area contributed by atoms with Gasteiger partial charge in [-0.3, -0.25) is 0 Å². The molecule has 1 spiro atoms. The Bertz CT molecular complexity index is 889. The fraction of sp³-hybridized carbons (Fsp3) is 0.273. The van der Waals surface area contributed by atoms with Crippen molar-refractivity contribution in [3.63, 3.8) is 0 Å². The van der Waals surface area contributed by atoms with Crippen LogP contribution in [0.25, 0.3) is 0 Å². The number of nitrogens with one attached hydrogen (secondary N) is 1. The van der Waals surface area contributed by atoms with E-state index in [-0.39, 0.29) is 11.2 Å². The quantitative estimate of drug-likeness (QED) is 0.688. The van der Waals surface area contributed by atoms with Crippen LogP contribution in [-0.4, -0.2) is 41.8 Å². The SMILES string of the molecule is Fc1ccc(N2CC3(CCNCC3)c3ccccc32)cc1.O=C(O)C=CC(=O)O. The summed E-state index contributed by atoms with van der Waals surface area (Å²) < 4.78 is 13.2. The van der Waals surface area contributed by atoms with Crippen molar-refractivity contribution in [1.82, 2.24) is 5.32 Å². The first-order valence-electron chi connectivity index (χ1n) is 9.39. The highest BCUT2D eigenvalue weighted by atomic mass is 19.1. The molecule has 6 nitrogen and oxygen atoms in total. The number of carboxylic acid groups (broad SMARTS) is 2. The van der Waals surface area contributed by atoms with Gasteiger partial charge in [-0.15, -0.1) is 0 Å². The van der Waals surface area contributed by atoms with Gasteiger partial charge in [-0.1, -0.05) is 18.2 Å². The van der Waals surface area contributed by atoms with E-state index in [2.05, 4.69) is 34.5 Å². The van der Waals surface area contributed by atoms with Crippen LogP contribution in [0.3, 0.4) is 0 Å². The van der Waals surface area contributed by atoms with Gasteiger partial charge in [0.15, 0.2) is 0 Å². The number of carbonyl (C=O) groups is 2. The van der Waals surface area contributed by atoms with Crippen molar-refractivity contribution < 1.29 is 24.2 Å². The molecule has 7 heteroatoms. The number of anilines is 2. The molecule has 0 bridgehead atoms. The molecule has 2 aromatic carbocycles. The molecular weight excluding hydrogens is 375 g/mol. The first-order chi connectivity index (χ1) is 13.9. The van der Waals surface area contributed by atoms with Gasteiger partial charge in [-0.25, -0.2) is 14.0 Å². The van der Waals surface area contributed by atoms with Crippen molar-refractivity contribution in [3.8, 4) is 0 Å². The standard InChI is InChI=1S/C18H19FN2.C4H4O4/c19-14-5-7-15(8-6-14)21-13-18(9-11-20-12-10-18)16-3-1-2-4-17(16)21;5-3(6)1-2-4(7)8/h1-8,20H,9-13H2;1-2H,(H,5,6)(H,7,8). The number of carboxylic acids is 2. The van der Waals surface area contributed by atoms with Gasteiger partial charge in [0.1, 0.15) is 5.82 Å². The van der Waals surface area contributed by atoms with Crippen LogP contribution >= 0.6 is 0 Å². The molecule has 1 saturated heterocycles. The zero-order chi connectivity index (χ0) is 20.9. The van der Waals surface area contributed by atoms with Crippen LogP contribution < -0.4 is 10.2 Å². The lowest BCUT2D eigenvalue weighted by molar-refractivity contribution is -0.134. The fourth-order valence-electron chi connectivity index (χ4n) is 3.96. The number of nitrogens with zero attached hydrogens (tertiary/aromatic N) is 1. The lowest BCUT2D eigenvalue weighted by atomic mass is 9.75. The highest BCUT2D eigenvalue weighted by molar-refractivity contribution is 5.89. The van der Waals surface area contributed by atoms with Crippen molar-refractivity contribution in [1.29, 1.82) is 0 Å². The summed E-state index contributed by atoms with van der Waals surface area (Å²) in [6.07, 6.45) is 3.45. The Labute approximate surface area is 168 Å². The van der Waals surface area contributed by atoms with Crippen LogP contribution in [0.1, 0.15) is 18.4 Å². The Morgan fingerprint density at radius 1 is 0.966 bits per heavy atom. The second-order valence-corrected chi connectivity index (χ2v) is 7.12. The zero-order valence-corrected chi connectivity index (χ0v) is 15.8. The molecule has 0 aliphatic carbocycles. The molecule has 2 aliphatic heterocycles. The third-order valence-electron chi connectivity index (χ3n) is 5.29. The van der Waals surface area contributed by atoms with Gasteiger partial charge in [-0.2, -0.15) is 0 Å². The normalized spacial score (nSPS) is 16.9. The molecule has 1 fully saturated rings. The fourth-order valence-corrected chi connectivity index (χ4v) is 3.96. The Morgan fingerprint density at radius 3 is 2.14 bits per heavy atom. The van der Waals surface area contributed by atoms with Gasteiger partial charge in [0.25, 0.3) is 0 Å². The minimum absolute atomic E-state index is 0.178. The smallest absolute Gasteiger partial charge is 0.328 e. The minimum Gasteiger partial charge on any atom is -0.478 e. The van der Waals surface area contributed by atoms with E-state index >= 15 is 0 Å². The van der Waals surface area contributed by atoms with Crippen LogP contribution in [0.15, 0.2) is 60.7 Å². The molecule has 0 saturated carbocycles. The number of hydrogen-bond acceptors (Lipinski definition) is 4. The molecule has 0 atom stereocenters. The molecule has 3 N–H and O–H groups in total. The molecule has 2 aliphatic rings. The number of benzene rings is 2. The predicted octanol–water partition coefficient (Wildman–Crippen LogP) is 3.31. The van der Waals surface area contributed by atoms with Crippen LogP contribution in [0.5, 0.6) is 0 Å². The summed E-state index contributed by atoms with van der Waals surface area (Å²) in [5.74, 6) is -2.69. The number of para-hydroxylation sites is 1. The van der Waals surface area contributed by atoms with Gasteiger partial charge >= 0.3 is 11.9 Å².